The third-order valence-corrected chi connectivity index (χ3v) is 4.06. The SMILES string of the molecule is Cc1ccc(CNC(=O)N2CCc3ccccc32)c(C)c1. The van der Waals surface area contributed by atoms with Crippen molar-refractivity contribution in [2.45, 2.75) is 26.8 Å². The number of rotatable bonds is 2. The van der Waals surface area contributed by atoms with Crippen molar-refractivity contribution in [3.8, 4) is 0 Å². The van der Waals surface area contributed by atoms with Gasteiger partial charge in [-0.2, -0.15) is 0 Å². The van der Waals surface area contributed by atoms with Gasteiger partial charge in [-0.15, -0.1) is 0 Å². The van der Waals surface area contributed by atoms with E-state index in [9.17, 15) is 4.79 Å². The monoisotopic (exact) mass is 280 g/mol. The van der Waals surface area contributed by atoms with Gasteiger partial charge in [0.05, 0.1) is 0 Å². The van der Waals surface area contributed by atoms with Crippen molar-refractivity contribution in [3.05, 3.63) is 64.7 Å². The van der Waals surface area contributed by atoms with Crippen LogP contribution in [-0.4, -0.2) is 12.6 Å². The van der Waals surface area contributed by atoms with Crippen LogP contribution in [0.15, 0.2) is 42.5 Å². The van der Waals surface area contributed by atoms with Crippen molar-refractivity contribution >= 4 is 11.7 Å². The molecule has 0 spiro atoms. The standard InChI is InChI=1S/C18H20N2O/c1-13-7-8-16(14(2)11-13)12-19-18(21)20-10-9-15-5-3-4-6-17(15)20/h3-8,11H,9-10,12H2,1-2H3,(H,19,21). The van der Waals surface area contributed by atoms with Crippen LogP contribution in [0.4, 0.5) is 10.5 Å². The number of carbonyl (C=O) groups is 1. The Morgan fingerprint density at radius 1 is 1.19 bits per heavy atom. The fraction of sp³-hybridized carbons (Fsp3) is 0.278. The molecule has 0 aromatic heterocycles. The minimum absolute atomic E-state index is 0.0140. The third-order valence-electron chi connectivity index (χ3n) is 4.06. The van der Waals surface area contributed by atoms with Crippen LogP contribution in [0.2, 0.25) is 0 Å². The number of amides is 2. The van der Waals surface area contributed by atoms with Crippen LogP contribution in [0.25, 0.3) is 0 Å². The van der Waals surface area contributed by atoms with Crippen LogP contribution in [-0.2, 0) is 13.0 Å². The van der Waals surface area contributed by atoms with E-state index < -0.39 is 0 Å². The van der Waals surface area contributed by atoms with Gasteiger partial charge < -0.3 is 5.32 Å². The average molecular weight is 280 g/mol. The van der Waals surface area contributed by atoms with Crippen LogP contribution in [0.5, 0.6) is 0 Å². The molecule has 1 heterocycles. The highest BCUT2D eigenvalue weighted by molar-refractivity contribution is 5.94. The van der Waals surface area contributed by atoms with Crippen molar-refractivity contribution in [2.75, 3.05) is 11.4 Å². The lowest BCUT2D eigenvalue weighted by atomic mass is 10.1. The molecule has 21 heavy (non-hydrogen) atoms. The van der Waals surface area contributed by atoms with E-state index in [2.05, 4.69) is 43.4 Å². The Kier molecular flexibility index (Phi) is 3.65. The second kappa shape index (κ2) is 5.60. The first-order valence-corrected chi connectivity index (χ1v) is 7.34. The van der Waals surface area contributed by atoms with Crippen LogP contribution in [0.3, 0.4) is 0 Å². The summed E-state index contributed by atoms with van der Waals surface area (Å²) >= 11 is 0. The minimum Gasteiger partial charge on any atom is -0.334 e. The highest BCUT2D eigenvalue weighted by Crippen LogP contribution is 2.27. The van der Waals surface area contributed by atoms with Crippen LogP contribution < -0.4 is 10.2 Å². The van der Waals surface area contributed by atoms with Gasteiger partial charge in [-0.1, -0.05) is 42.0 Å². The number of nitrogens with zero attached hydrogens (tertiary/aromatic N) is 1. The molecule has 0 bridgehead atoms. The maximum atomic E-state index is 12.4. The highest BCUT2D eigenvalue weighted by Gasteiger charge is 2.23. The van der Waals surface area contributed by atoms with E-state index in [0.717, 1.165) is 18.7 Å². The smallest absolute Gasteiger partial charge is 0.322 e. The summed E-state index contributed by atoms with van der Waals surface area (Å²) in [4.78, 5) is 14.2. The Morgan fingerprint density at radius 2 is 2.00 bits per heavy atom. The molecule has 1 aliphatic heterocycles. The van der Waals surface area contributed by atoms with Gasteiger partial charge in [0.1, 0.15) is 0 Å². The molecule has 2 aromatic carbocycles. The van der Waals surface area contributed by atoms with Crippen LogP contribution in [0, 0.1) is 13.8 Å². The summed E-state index contributed by atoms with van der Waals surface area (Å²) in [7, 11) is 0. The van der Waals surface area contributed by atoms with Crippen molar-refractivity contribution < 1.29 is 4.79 Å². The van der Waals surface area contributed by atoms with Gasteiger partial charge in [0.15, 0.2) is 0 Å². The second-order valence-electron chi connectivity index (χ2n) is 5.62. The predicted molar refractivity (Wildman–Crippen MR) is 85.6 cm³/mol. The molecule has 2 aromatic rings. The number of para-hydroxylation sites is 1. The Morgan fingerprint density at radius 3 is 2.81 bits per heavy atom. The van der Waals surface area contributed by atoms with Gasteiger partial charge in [-0.25, -0.2) is 4.79 Å². The molecular formula is C18H20N2O. The first-order valence-electron chi connectivity index (χ1n) is 7.34. The number of carbonyl (C=O) groups excluding carboxylic acids is 1. The Hall–Kier alpha value is -2.29. The predicted octanol–water partition coefficient (Wildman–Crippen LogP) is 3.58. The number of aryl methyl sites for hydroxylation is 2. The summed E-state index contributed by atoms with van der Waals surface area (Å²) in [6.45, 7) is 5.50. The van der Waals surface area contributed by atoms with Gasteiger partial charge in [-0.3, -0.25) is 4.90 Å². The zero-order valence-electron chi connectivity index (χ0n) is 12.5. The van der Waals surface area contributed by atoms with E-state index >= 15 is 0 Å². The molecule has 2 amide bonds. The molecule has 0 unspecified atom stereocenters. The van der Waals surface area contributed by atoms with Gasteiger partial charge >= 0.3 is 6.03 Å². The van der Waals surface area contributed by atoms with Crippen molar-refractivity contribution in [1.82, 2.24) is 5.32 Å². The Labute approximate surface area is 125 Å². The summed E-state index contributed by atoms with van der Waals surface area (Å²) in [5, 5.41) is 3.03. The van der Waals surface area contributed by atoms with Crippen molar-refractivity contribution in [3.63, 3.8) is 0 Å². The van der Waals surface area contributed by atoms with E-state index in [1.54, 1.807) is 0 Å². The molecule has 108 valence electrons. The molecule has 3 rings (SSSR count). The average Bonchev–Trinajstić information content (AvgIpc) is 2.90. The lowest BCUT2D eigenvalue weighted by molar-refractivity contribution is 0.246. The summed E-state index contributed by atoms with van der Waals surface area (Å²) in [6.07, 6.45) is 0.938. The Balaban J connectivity index is 1.68. The summed E-state index contributed by atoms with van der Waals surface area (Å²) in [5.74, 6) is 0. The quantitative estimate of drug-likeness (QED) is 0.896. The third kappa shape index (κ3) is 2.77. The summed E-state index contributed by atoms with van der Waals surface area (Å²) in [6, 6.07) is 14.4. The fourth-order valence-corrected chi connectivity index (χ4v) is 2.86. The number of hydrogen-bond acceptors (Lipinski definition) is 1. The van der Waals surface area contributed by atoms with Gasteiger partial charge in [0.2, 0.25) is 0 Å². The first kappa shape index (κ1) is 13.7. The molecule has 0 atom stereocenters. The maximum absolute atomic E-state index is 12.4. The molecule has 3 heteroatoms. The number of benzene rings is 2. The Bertz CT molecular complexity index is 679. The molecule has 1 N–H and O–H groups in total. The number of fused-ring (bicyclic) bond motifs is 1. The van der Waals surface area contributed by atoms with Crippen molar-refractivity contribution in [1.29, 1.82) is 0 Å². The first-order chi connectivity index (χ1) is 10.1. The number of urea groups is 1. The van der Waals surface area contributed by atoms with Crippen molar-refractivity contribution in [2.24, 2.45) is 0 Å². The van der Waals surface area contributed by atoms with Gasteiger partial charge in [0, 0.05) is 18.8 Å². The normalized spacial score (nSPS) is 13.1. The lowest BCUT2D eigenvalue weighted by Gasteiger charge is -2.18. The van der Waals surface area contributed by atoms with E-state index in [1.165, 1.54) is 22.3 Å². The molecular weight excluding hydrogens is 260 g/mol. The van der Waals surface area contributed by atoms with Gasteiger partial charge in [-0.05, 0) is 43.0 Å². The van der Waals surface area contributed by atoms with E-state index in [4.69, 9.17) is 0 Å². The van der Waals surface area contributed by atoms with E-state index in [-0.39, 0.29) is 6.03 Å². The largest absolute Gasteiger partial charge is 0.334 e. The minimum atomic E-state index is -0.0140. The molecule has 0 aliphatic carbocycles. The molecule has 1 aliphatic rings. The summed E-state index contributed by atoms with van der Waals surface area (Å²) in [5.41, 5.74) is 5.92. The topological polar surface area (TPSA) is 32.3 Å². The number of hydrogen-bond donors (Lipinski definition) is 1. The lowest BCUT2D eigenvalue weighted by Crippen LogP contribution is -2.38. The molecule has 0 fully saturated rings. The van der Waals surface area contributed by atoms with E-state index in [1.807, 2.05) is 23.1 Å². The number of nitrogens with one attached hydrogen (secondary N) is 1. The van der Waals surface area contributed by atoms with Gasteiger partial charge in [0.25, 0.3) is 0 Å². The van der Waals surface area contributed by atoms with Crippen LogP contribution in [0.1, 0.15) is 22.3 Å². The fourth-order valence-electron chi connectivity index (χ4n) is 2.86. The zero-order valence-corrected chi connectivity index (χ0v) is 12.5. The molecule has 0 saturated heterocycles. The zero-order chi connectivity index (χ0) is 14.8. The molecule has 3 nitrogen and oxygen atoms in total. The second-order valence-corrected chi connectivity index (χ2v) is 5.62. The van der Waals surface area contributed by atoms with Crippen LogP contribution >= 0.6 is 0 Å². The molecule has 0 saturated carbocycles. The maximum Gasteiger partial charge on any atom is 0.322 e. The molecule has 0 radical (unpaired) electrons. The van der Waals surface area contributed by atoms with E-state index in [0.29, 0.717) is 6.54 Å². The number of anilines is 1. The highest BCUT2D eigenvalue weighted by atomic mass is 16.2. The summed E-state index contributed by atoms with van der Waals surface area (Å²) < 4.78 is 0.